The minimum absolute atomic E-state index is 0.0217. The van der Waals surface area contributed by atoms with Crippen molar-refractivity contribution in [2.24, 2.45) is 15.3 Å². The van der Waals surface area contributed by atoms with Crippen molar-refractivity contribution in [1.29, 1.82) is 0 Å². The number of aromatic carboxylic acids is 1. The van der Waals surface area contributed by atoms with Crippen molar-refractivity contribution >= 4 is 52.1 Å². The van der Waals surface area contributed by atoms with Crippen LogP contribution in [0, 0.1) is 12.8 Å². The maximum absolute atomic E-state index is 13.0. The number of pyridine rings is 2. The molecule has 5 rings (SSSR count). The second kappa shape index (κ2) is 10.4. The Hall–Kier alpha value is -3.25. The fraction of sp³-hybridized carbons (Fsp3) is 0.500. The first kappa shape index (κ1) is 24.4. The molecule has 0 aromatic carbocycles. The minimum atomic E-state index is -1.31. The smallest absolute Gasteiger partial charge is 0.341 e. The zero-order valence-electron chi connectivity index (χ0n) is 20.0. The van der Waals surface area contributed by atoms with Gasteiger partial charge in [0, 0.05) is 50.6 Å². The summed E-state index contributed by atoms with van der Waals surface area (Å²) < 4.78 is 11.4. The molecule has 0 bridgehead atoms. The van der Waals surface area contributed by atoms with Crippen molar-refractivity contribution in [2.45, 2.75) is 38.7 Å². The molecule has 5 heterocycles. The average molecular weight is 513 g/mol. The number of rotatable bonds is 6. The number of nitrogens with one attached hydrogen (secondary N) is 1. The predicted molar refractivity (Wildman–Crippen MR) is 138 cm³/mol. The molecule has 36 heavy (non-hydrogen) atoms. The second-order valence-corrected chi connectivity index (χ2v) is 9.97. The Balaban J connectivity index is 1.33. The third kappa shape index (κ3) is 4.87. The maximum atomic E-state index is 13.0. The van der Waals surface area contributed by atoms with Gasteiger partial charge in [-0.25, -0.2) is 14.2 Å². The number of aryl methyl sites for hydroxylation is 1. The van der Waals surface area contributed by atoms with E-state index in [-0.39, 0.29) is 28.9 Å². The van der Waals surface area contributed by atoms with Crippen LogP contribution in [0.5, 0.6) is 0 Å². The minimum Gasteiger partial charge on any atom is -0.477 e. The van der Waals surface area contributed by atoms with Gasteiger partial charge in [0.05, 0.1) is 24.0 Å². The van der Waals surface area contributed by atoms with Crippen LogP contribution < -0.4 is 15.6 Å². The number of anilines is 1. The molecule has 3 aliphatic rings. The number of aromatic nitrogens is 2. The molecule has 1 atom stereocenters. The standard InChI is InChI=1S/C24H28N6O5S/c1-14-10-18(29-11-15(12-29)22(32)25-6-5-16-4-2-3-9-35-16)28-21-19(14)20(31)17(23(33)34)13-30(21)24-26-7-8-27-36-24/h8,10,13,15-16H,2-7,9,11-12H2,1H3,(H,25,32)(H,33,34). The number of carboxylic acids is 1. The number of fused-ring (bicyclic) bond motifs is 1. The lowest BCUT2D eigenvalue weighted by Crippen LogP contribution is -2.54. The van der Waals surface area contributed by atoms with Crippen LogP contribution in [0.3, 0.4) is 0 Å². The number of hydrogen-bond donors (Lipinski definition) is 2. The van der Waals surface area contributed by atoms with Crippen LogP contribution in [0.4, 0.5) is 5.82 Å². The van der Waals surface area contributed by atoms with Gasteiger partial charge < -0.3 is 20.1 Å². The molecule has 1 amide bonds. The van der Waals surface area contributed by atoms with E-state index in [0.717, 1.165) is 37.8 Å². The molecule has 0 radical (unpaired) electrons. The highest BCUT2D eigenvalue weighted by atomic mass is 32.2. The first-order valence-corrected chi connectivity index (χ1v) is 12.9. The molecule has 12 heteroatoms. The third-order valence-electron chi connectivity index (χ3n) is 6.71. The number of carboxylic acid groups (broad SMARTS) is 1. The summed E-state index contributed by atoms with van der Waals surface area (Å²) in [5.74, 6) is -0.802. The summed E-state index contributed by atoms with van der Waals surface area (Å²) in [6.45, 7) is 4.55. The molecule has 2 N–H and O–H groups in total. The third-order valence-corrected chi connectivity index (χ3v) is 7.46. The molecule has 2 fully saturated rings. The molecular weight excluding hydrogens is 484 g/mol. The van der Waals surface area contributed by atoms with Gasteiger partial charge in [-0.15, -0.1) is 0 Å². The van der Waals surface area contributed by atoms with Crippen molar-refractivity contribution in [3.05, 3.63) is 33.6 Å². The molecule has 11 nitrogen and oxygen atoms in total. The van der Waals surface area contributed by atoms with Crippen LogP contribution in [-0.4, -0.2) is 76.8 Å². The highest BCUT2D eigenvalue weighted by molar-refractivity contribution is 8.12. The largest absolute Gasteiger partial charge is 0.477 e. The molecular formula is C24H28N6O5S. The molecule has 0 aliphatic carbocycles. The average Bonchev–Trinajstić information content (AvgIpc) is 2.84. The first-order chi connectivity index (χ1) is 17.4. The van der Waals surface area contributed by atoms with Crippen LogP contribution >= 0.6 is 11.9 Å². The number of hydrogen-bond acceptors (Lipinski definition) is 9. The van der Waals surface area contributed by atoms with E-state index in [4.69, 9.17) is 9.72 Å². The number of nitrogens with zero attached hydrogens (tertiary/aromatic N) is 5. The number of amides is 1. The van der Waals surface area contributed by atoms with Crippen molar-refractivity contribution < 1.29 is 19.4 Å². The number of aliphatic imine (C=N–C) groups is 1. The summed E-state index contributed by atoms with van der Waals surface area (Å²) in [7, 11) is 0. The summed E-state index contributed by atoms with van der Waals surface area (Å²) >= 11 is 1.09. The summed E-state index contributed by atoms with van der Waals surface area (Å²) in [4.78, 5) is 48.4. The number of carbonyl (C=O) groups is 2. The molecule has 2 aromatic heterocycles. The van der Waals surface area contributed by atoms with Gasteiger partial charge in [0.1, 0.15) is 11.4 Å². The summed E-state index contributed by atoms with van der Waals surface area (Å²) in [5.41, 5.74) is 0.00112. The Labute approximate surface area is 211 Å². The van der Waals surface area contributed by atoms with E-state index in [0.29, 0.717) is 48.4 Å². The highest BCUT2D eigenvalue weighted by Gasteiger charge is 2.34. The Morgan fingerprint density at radius 2 is 2.14 bits per heavy atom. The van der Waals surface area contributed by atoms with Crippen molar-refractivity contribution in [3.63, 3.8) is 0 Å². The lowest BCUT2D eigenvalue weighted by atomic mass is 9.98. The highest BCUT2D eigenvalue weighted by Crippen LogP contribution is 2.28. The van der Waals surface area contributed by atoms with Gasteiger partial charge >= 0.3 is 5.97 Å². The summed E-state index contributed by atoms with van der Waals surface area (Å²) in [5, 5.41) is 13.3. The SMILES string of the molecule is Cc1cc(N2CC(C(=O)NCCC3CCCCO3)C2)nc2c1c(=O)c(C(=O)O)cn2C1=NCC=NS1. The molecule has 2 aromatic rings. The van der Waals surface area contributed by atoms with Gasteiger partial charge in [0.2, 0.25) is 11.3 Å². The van der Waals surface area contributed by atoms with Crippen LogP contribution in [0.25, 0.3) is 11.0 Å². The van der Waals surface area contributed by atoms with Gasteiger partial charge in [-0.05, 0) is 44.2 Å². The van der Waals surface area contributed by atoms with E-state index in [2.05, 4.69) is 14.7 Å². The normalized spacial score (nSPS) is 20.2. The molecule has 2 saturated heterocycles. The zero-order valence-corrected chi connectivity index (χ0v) is 20.8. The van der Waals surface area contributed by atoms with Crippen LogP contribution in [0.1, 0.15) is 41.6 Å². The van der Waals surface area contributed by atoms with Crippen LogP contribution in [-0.2, 0) is 9.53 Å². The molecule has 3 aliphatic heterocycles. The van der Waals surface area contributed by atoms with Crippen LogP contribution in [0.2, 0.25) is 0 Å². The van der Waals surface area contributed by atoms with E-state index in [1.165, 1.54) is 17.2 Å². The van der Waals surface area contributed by atoms with Crippen molar-refractivity contribution in [3.8, 4) is 0 Å². The Bertz CT molecular complexity index is 1310. The Kier molecular flexibility index (Phi) is 7.06. The zero-order chi connectivity index (χ0) is 25.2. The van der Waals surface area contributed by atoms with Gasteiger partial charge in [-0.1, -0.05) is 0 Å². The topological polar surface area (TPSA) is 138 Å². The molecule has 0 spiro atoms. The summed E-state index contributed by atoms with van der Waals surface area (Å²) in [6.07, 6.45) is 7.32. The van der Waals surface area contributed by atoms with Crippen molar-refractivity contribution in [2.75, 3.05) is 37.7 Å². The predicted octanol–water partition coefficient (Wildman–Crippen LogP) is 1.85. The quantitative estimate of drug-likeness (QED) is 0.559. The van der Waals surface area contributed by atoms with Crippen LogP contribution in [0.15, 0.2) is 26.4 Å². The number of ether oxygens (including phenoxy) is 1. The Morgan fingerprint density at radius 3 is 2.83 bits per heavy atom. The van der Waals surface area contributed by atoms with Gasteiger partial charge in [-0.3, -0.25) is 19.1 Å². The van der Waals surface area contributed by atoms with E-state index >= 15 is 0 Å². The van der Waals surface area contributed by atoms with Gasteiger partial charge in [0.15, 0.2) is 10.8 Å². The van der Waals surface area contributed by atoms with E-state index < -0.39 is 11.4 Å². The fourth-order valence-corrected chi connectivity index (χ4v) is 5.29. The van der Waals surface area contributed by atoms with E-state index in [1.807, 2.05) is 4.90 Å². The molecule has 0 saturated carbocycles. The maximum Gasteiger partial charge on any atom is 0.341 e. The summed E-state index contributed by atoms with van der Waals surface area (Å²) in [6, 6.07) is 1.77. The molecule has 1 unspecified atom stereocenters. The fourth-order valence-electron chi connectivity index (χ4n) is 4.69. The first-order valence-electron chi connectivity index (χ1n) is 12.1. The lowest BCUT2D eigenvalue weighted by molar-refractivity contribution is -0.125. The monoisotopic (exact) mass is 512 g/mol. The van der Waals surface area contributed by atoms with Gasteiger partial charge in [0.25, 0.3) is 0 Å². The lowest BCUT2D eigenvalue weighted by Gasteiger charge is -2.39. The van der Waals surface area contributed by atoms with Crippen molar-refractivity contribution in [1.82, 2.24) is 14.9 Å². The Morgan fingerprint density at radius 1 is 1.31 bits per heavy atom. The number of carbonyl (C=O) groups excluding carboxylic acids is 1. The second-order valence-electron chi connectivity index (χ2n) is 9.22. The van der Waals surface area contributed by atoms with E-state index in [1.54, 1.807) is 19.2 Å². The van der Waals surface area contributed by atoms with E-state index in [9.17, 15) is 19.5 Å². The van der Waals surface area contributed by atoms with Gasteiger partial charge in [-0.2, -0.15) is 0 Å². The molecule has 190 valence electrons.